The van der Waals surface area contributed by atoms with Gasteiger partial charge in [0.1, 0.15) is 5.60 Å². The summed E-state index contributed by atoms with van der Waals surface area (Å²) in [6.45, 7) is 3.62. The zero-order chi connectivity index (χ0) is 21.4. The average molecular weight is 418 g/mol. The van der Waals surface area contributed by atoms with Crippen molar-refractivity contribution >= 4 is 5.70 Å². The Morgan fingerprint density at radius 2 is 1.97 bits per heavy atom. The Morgan fingerprint density at radius 3 is 2.67 bits per heavy atom. The predicted octanol–water partition coefficient (Wildman–Crippen LogP) is 5.86. The standard InChI is InChI=1S/C23H25F3N2O2/c1-15(2)29-21-18(12-17(14-27-21)23(24,25)26)20-13-22(30-28-20)11-7-6-10-19(22)16-8-4-3-5-9-16/h3-5,8-9,12-15,19,28H,6-7,10-11H2,1-2H3/t19-,22-/m0/s1. The maximum atomic E-state index is 13.3. The Morgan fingerprint density at radius 1 is 1.20 bits per heavy atom. The fraction of sp³-hybridized carbons (Fsp3) is 0.435. The largest absolute Gasteiger partial charge is 0.474 e. The SMILES string of the molecule is CC(C)Oc1ncc(C(F)(F)F)cc1C1=C[C@]2(CCCC[C@H]2c2ccccc2)ON1. The highest BCUT2D eigenvalue weighted by atomic mass is 19.4. The van der Waals surface area contributed by atoms with Crippen molar-refractivity contribution in [1.29, 1.82) is 0 Å². The van der Waals surface area contributed by atoms with Crippen molar-refractivity contribution in [2.45, 2.75) is 63.3 Å². The number of benzene rings is 1. The van der Waals surface area contributed by atoms with E-state index in [2.05, 4.69) is 22.6 Å². The summed E-state index contributed by atoms with van der Waals surface area (Å²) in [6, 6.07) is 11.2. The molecule has 160 valence electrons. The number of hydrogen-bond acceptors (Lipinski definition) is 4. The zero-order valence-corrected chi connectivity index (χ0v) is 17.0. The van der Waals surface area contributed by atoms with Gasteiger partial charge in [-0.15, -0.1) is 0 Å². The zero-order valence-electron chi connectivity index (χ0n) is 17.0. The van der Waals surface area contributed by atoms with Gasteiger partial charge in [-0.1, -0.05) is 43.2 Å². The van der Waals surface area contributed by atoms with Crippen molar-refractivity contribution in [3.63, 3.8) is 0 Å². The number of alkyl halides is 3. The molecule has 1 aliphatic heterocycles. The predicted molar refractivity (Wildman–Crippen MR) is 108 cm³/mol. The van der Waals surface area contributed by atoms with Crippen LogP contribution in [-0.2, 0) is 11.0 Å². The topological polar surface area (TPSA) is 43.4 Å². The van der Waals surface area contributed by atoms with Crippen LogP contribution in [0.15, 0.2) is 48.7 Å². The molecule has 1 N–H and O–H groups in total. The summed E-state index contributed by atoms with van der Waals surface area (Å²) >= 11 is 0. The summed E-state index contributed by atoms with van der Waals surface area (Å²) in [5.41, 5.74) is 3.35. The van der Waals surface area contributed by atoms with Crippen LogP contribution in [0.3, 0.4) is 0 Å². The second kappa shape index (κ2) is 7.95. The second-order valence-corrected chi connectivity index (χ2v) is 8.17. The van der Waals surface area contributed by atoms with Crippen molar-refractivity contribution < 1.29 is 22.7 Å². The lowest BCUT2D eigenvalue weighted by Crippen LogP contribution is -2.39. The molecular weight excluding hydrogens is 393 g/mol. The van der Waals surface area contributed by atoms with Gasteiger partial charge in [-0.05, 0) is 44.4 Å². The highest BCUT2D eigenvalue weighted by molar-refractivity contribution is 5.70. The van der Waals surface area contributed by atoms with E-state index in [4.69, 9.17) is 9.57 Å². The molecule has 1 aromatic heterocycles. The monoisotopic (exact) mass is 418 g/mol. The third-order valence-corrected chi connectivity index (χ3v) is 5.66. The van der Waals surface area contributed by atoms with Gasteiger partial charge in [-0.3, -0.25) is 10.3 Å². The molecule has 1 saturated carbocycles. The first kappa shape index (κ1) is 20.7. The average Bonchev–Trinajstić information content (AvgIpc) is 3.12. The van der Waals surface area contributed by atoms with Crippen LogP contribution in [-0.4, -0.2) is 16.7 Å². The lowest BCUT2D eigenvalue weighted by Gasteiger charge is -2.38. The van der Waals surface area contributed by atoms with E-state index >= 15 is 0 Å². The van der Waals surface area contributed by atoms with E-state index in [0.717, 1.165) is 43.5 Å². The fourth-order valence-electron chi connectivity index (χ4n) is 4.30. The van der Waals surface area contributed by atoms with Crippen molar-refractivity contribution in [1.82, 2.24) is 10.5 Å². The van der Waals surface area contributed by atoms with Crippen molar-refractivity contribution in [3.8, 4) is 5.88 Å². The first-order valence-electron chi connectivity index (χ1n) is 10.2. The van der Waals surface area contributed by atoms with Gasteiger partial charge in [0.25, 0.3) is 0 Å². The summed E-state index contributed by atoms with van der Waals surface area (Å²) in [4.78, 5) is 10.1. The third kappa shape index (κ3) is 4.03. The molecule has 0 radical (unpaired) electrons. The number of nitrogens with zero attached hydrogens (tertiary/aromatic N) is 1. The summed E-state index contributed by atoms with van der Waals surface area (Å²) in [5, 5.41) is 0. The minimum Gasteiger partial charge on any atom is -0.474 e. The molecule has 0 saturated heterocycles. The molecular formula is C23H25F3N2O2. The number of rotatable bonds is 4. The van der Waals surface area contributed by atoms with Gasteiger partial charge in [0.15, 0.2) is 0 Å². The highest BCUT2D eigenvalue weighted by Gasteiger charge is 2.46. The summed E-state index contributed by atoms with van der Waals surface area (Å²) in [7, 11) is 0. The number of hydroxylamine groups is 1. The lowest BCUT2D eigenvalue weighted by molar-refractivity contribution is -0.137. The molecule has 4 rings (SSSR count). The molecule has 0 amide bonds. The Kier molecular flexibility index (Phi) is 5.49. The molecule has 2 heterocycles. The maximum absolute atomic E-state index is 13.3. The van der Waals surface area contributed by atoms with Crippen LogP contribution in [0, 0.1) is 0 Å². The molecule has 1 aromatic carbocycles. The highest BCUT2D eigenvalue weighted by Crippen LogP contribution is 2.48. The van der Waals surface area contributed by atoms with Crippen LogP contribution in [0.2, 0.25) is 0 Å². The van der Waals surface area contributed by atoms with Crippen molar-refractivity contribution in [2.24, 2.45) is 0 Å². The van der Waals surface area contributed by atoms with Crippen LogP contribution in [0.5, 0.6) is 5.88 Å². The number of ether oxygens (including phenoxy) is 1. The van der Waals surface area contributed by atoms with Crippen LogP contribution in [0.4, 0.5) is 13.2 Å². The van der Waals surface area contributed by atoms with Gasteiger partial charge in [0.2, 0.25) is 5.88 Å². The van der Waals surface area contributed by atoms with Crippen LogP contribution >= 0.6 is 0 Å². The summed E-state index contributed by atoms with van der Waals surface area (Å²) in [6.07, 6.45) is 1.83. The van der Waals surface area contributed by atoms with Crippen LogP contribution in [0.1, 0.15) is 62.1 Å². The summed E-state index contributed by atoms with van der Waals surface area (Å²) in [5.74, 6) is 0.273. The number of hydrogen-bond donors (Lipinski definition) is 1. The second-order valence-electron chi connectivity index (χ2n) is 8.17. The first-order chi connectivity index (χ1) is 14.3. The summed E-state index contributed by atoms with van der Waals surface area (Å²) < 4.78 is 45.7. The Balaban J connectivity index is 1.76. The Labute approximate surface area is 174 Å². The van der Waals surface area contributed by atoms with Crippen molar-refractivity contribution in [2.75, 3.05) is 0 Å². The quantitative estimate of drug-likeness (QED) is 0.675. The molecule has 30 heavy (non-hydrogen) atoms. The van der Waals surface area contributed by atoms with Gasteiger partial charge < -0.3 is 4.74 Å². The number of nitrogens with one attached hydrogen (secondary N) is 1. The first-order valence-corrected chi connectivity index (χ1v) is 10.2. The van der Waals surface area contributed by atoms with E-state index in [1.54, 1.807) is 0 Å². The van der Waals surface area contributed by atoms with Gasteiger partial charge in [0.05, 0.1) is 22.9 Å². The van der Waals surface area contributed by atoms with E-state index in [9.17, 15) is 13.2 Å². The maximum Gasteiger partial charge on any atom is 0.417 e. The fourth-order valence-corrected chi connectivity index (χ4v) is 4.30. The van der Waals surface area contributed by atoms with Crippen LogP contribution in [0.25, 0.3) is 5.70 Å². The Bertz CT molecular complexity index is 928. The van der Waals surface area contributed by atoms with E-state index in [1.165, 1.54) is 0 Å². The molecule has 2 atom stereocenters. The molecule has 1 aliphatic carbocycles. The molecule has 1 fully saturated rings. The molecule has 7 heteroatoms. The molecule has 2 aliphatic rings. The third-order valence-electron chi connectivity index (χ3n) is 5.66. The molecule has 0 unspecified atom stereocenters. The molecule has 1 spiro atoms. The smallest absolute Gasteiger partial charge is 0.417 e. The molecule has 0 bridgehead atoms. The van der Waals surface area contributed by atoms with Gasteiger partial charge >= 0.3 is 6.18 Å². The molecule has 4 nitrogen and oxygen atoms in total. The van der Waals surface area contributed by atoms with Gasteiger partial charge in [-0.25, -0.2) is 4.98 Å². The van der Waals surface area contributed by atoms with Gasteiger partial charge in [-0.2, -0.15) is 13.2 Å². The molecule has 2 aromatic rings. The number of aromatic nitrogens is 1. The van der Waals surface area contributed by atoms with E-state index < -0.39 is 17.3 Å². The normalized spacial score (nSPS) is 24.1. The van der Waals surface area contributed by atoms with Crippen molar-refractivity contribution in [3.05, 3.63) is 65.4 Å². The van der Waals surface area contributed by atoms with Gasteiger partial charge in [0, 0.05) is 12.1 Å². The minimum absolute atomic E-state index is 0.116. The Hall–Kier alpha value is -2.54. The van der Waals surface area contributed by atoms with E-state index in [1.807, 2.05) is 38.1 Å². The number of pyridine rings is 1. The van der Waals surface area contributed by atoms with E-state index in [0.29, 0.717) is 5.70 Å². The minimum atomic E-state index is -4.49. The lowest BCUT2D eigenvalue weighted by atomic mass is 9.71. The van der Waals surface area contributed by atoms with Crippen LogP contribution < -0.4 is 10.2 Å². The number of halogens is 3. The van der Waals surface area contributed by atoms with E-state index in [-0.39, 0.29) is 23.5 Å².